The minimum atomic E-state index is -0.0172. The zero-order valence-electron chi connectivity index (χ0n) is 14.0. The van der Waals surface area contributed by atoms with Crippen LogP contribution in [0.3, 0.4) is 0 Å². The molecule has 0 aliphatic rings. The summed E-state index contributed by atoms with van der Waals surface area (Å²) in [4.78, 5) is 16.3. The molecule has 0 saturated carbocycles. The number of hydrogen-bond donors (Lipinski definition) is 1. The molecule has 3 rings (SSSR count). The third-order valence-electron chi connectivity index (χ3n) is 3.93. The molecule has 5 nitrogen and oxygen atoms in total. The second kappa shape index (κ2) is 8.03. The van der Waals surface area contributed by atoms with E-state index in [0.29, 0.717) is 30.3 Å². The molecule has 3 aromatic rings. The molecule has 0 aliphatic heterocycles. The van der Waals surface area contributed by atoms with Gasteiger partial charge in [0.25, 0.3) is 0 Å². The highest BCUT2D eigenvalue weighted by Gasteiger charge is 2.08. The van der Waals surface area contributed by atoms with Crippen LogP contribution in [-0.2, 0) is 24.3 Å². The SMILES string of the molecule is CCc1nccn1CCC(=O)NCc1ccc(-c2cccc(Cl)c2)o1. The number of nitrogens with zero attached hydrogens (tertiary/aromatic N) is 2. The molecule has 25 heavy (non-hydrogen) atoms. The van der Waals surface area contributed by atoms with Crippen LogP contribution in [0.15, 0.2) is 53.2 Å². The van der Waals surface area contributed by atoms with Crippen LogP contribution >= 0.6 is 11.6 Å². The van der Waals surface area contributed by atoms with Crippen LogP contribution in [0.1, 0.15) is 24.9 Å². The van der Waals surface area contributed by atoms with Gasteiger partial charge in [-0.1, -0.05) is 30.7 Å². The molecule has 0 saturated heterocycles. The van der Waals surface area contributed by atoms with Crippen LogP contribution in [0, 0.1) is 0 Å². The quantitative estimate of drug-likeness (QED) is 0.693. The number of rotatable bonds is 7. The molecule has 1 N–H and O–H groups in total. The largest absolute Gasteiger partial charge is 0.459 e. The molecule has 1 aromatic carbocycles. The minimum absolute atomic E-state index is 0.0172. The number of benzene rings is 1. The number of imidazole rings is 1. The fraction of sp³-hybridized carbons (Fsp3) is 0.263. The number of hydrogen-bond acceptors (Lipinski definition) is 3. The van der Waals surface area contributed by atoms with E-state index in [-0.39, 0.29) is 5.91 Å². The summed E-state index contributed by atoms with van der Waals surface area (Å²) in [5, 5.41) is 3.54. The summed E-state index contributed by atoms with van der Waals surface area (Å²) >= 11 is 6.00. The summed E-state index contributed by atoms with van der Waals surface area (Å²) in [6, 6.07) is 11.2. The van der Waals surface area contributed by atoms with Crippen molar-refractivity contribution in [1.82, 2.24) is 14.9 Å². The van der Waals surface area contributed by atoms with Gasteiger partial charge in [0, 0.05) is 42.4 Å². The van der Waals surface area contributed by atoms with Crippen LogP contribution in [-0.4, -0.2) is 15.5 Å². The maximum absolute atomic E-state index is 12.0. The summed E-state index contributed by atoms with van der Waals surface area (Å²) in [5.41, 5.74) is 0.914. The Morgan fingerprint density at radius 1 is 1.32 bits per heavy atom. The average Bonchev–Trinajstić information content (AvgIpc) is 3.27. The summed E-state index contributed by atoms with van der Waals surface area (Å²) in [6.07, 6.45) is 4.92. The Morgan fingerprint density at radius 3 is 3.00 bits per heavy atom. The van der Waals surface area contributed by atoms with E-state index in [1.807, 2.05) is 54.1 Å². The Kier molecular flexibility index (Phi) is 5.56. The van der Waals surface area contributed by atoms with Crippen molar-refractivity contribution < 1.29 is 9.21 Å². The van der Waals surface area contributed by atoms with Gasteiger partial charge >= 0.3 is 0 Å². The molecule has 0 spiro atoms. The third kappa shape index (κ3) is 4.51. The summed E-state index contributed by atoms with van der Waals surface area (Å²) in [5.74, 6) is 2.42. The first-order valence-electron chi connectivity index (χ1n) is 8.27. The lowest BCUT2D eigenvalue weighted by atomic mass is 10.2. The number of nitrogens with one attached hydrogen (secondary N) is 1. The first kappa shape index (κ1) is 17.3. The van der Waals surface area contributed by atoms with E-state index in [0.717, 1.165) is 23.6 Å². The van der Waals surface area contributed by atoms with Crippen LogP contribution in [0.5, 0.6) is 0 Å². The fourth-order valence-corrected chi connectivity index (χ4v) is 2.81. The molecular weight excluding hydrogens is 338 g/mol. The van der Waals surface area contributed by atoms with Gasteiger partial charge in [0.15, 0.2) is 0 Å². The molecule has 2 aromatic heterocycles. The van der Waals surface area contributed by atoms with E-state index in [4.69, 9.17) is 16.0 Å². The molecule has 0 radical (unpaired) electrons. The van der Waals surface area contributed by atoms with Gasteiger partial charge in [-0.2, -0.15) is 0 Å². The number of aryl methyl sites for hydroxylation is 2. The van der Waals surface area contributed by atoms with Gasteiger partial charge in [-0.05, 0) is 24.3 Å². The van der Waals surface area contributed by atoms with Crippen LogP contribution in [0.2, 0.25) is 5.02 Å². The molecule has 130 valence electrons. The summed E-state index contributed by atoms with van der Waals surface area (Å²) < 4.78 is 7.78. The average molecular weight is 358 g/mol. The second-order valence-corrected chi connectivity index (χ2v) is 6.13. The second-order valence-electron chi connectivity index (χ2n) is 5.69. The predicted molar refractivity (Wildman–Crippen MR) is 97.2 cm³/mol. The lowest BCUT2D eigenvalue weighted by Crippen LogP contribution is -2.23. The van der Waals surface area contributed by atoms with Gasteiger partial charge < -0.3 is 14.3 Å². The van der Waals surface area contributed by atoms with Crippen LogP contribution in [0.25, 0.3) is 11.3 Å². The Bertz CT molecular complexity index is 854. The number of aromatic nitrogens is 2. The maximum Gasteiger partial charge on any atom is 0.222 e. The highest BCUT2D eigenvalue weighted by Crippen LogP contribution is 2.24. The van der Waals surface area contributed by atoms with Crippen molar-refractivity contribution in [2.45, 2.75) is 32.9 Å². The molecule has 0 fully saturated rings. The molecule has 0 unspecified atom stereocenters. The summed E-state index contributed by atoms with van der Waals surface area (Å²) in [7, 11) is 0. The standard InChI is InChI=1S/C19H20ClN3O2/c1-2-18-21-9-11-23(18)10-8-19(24)22-13-16-6-7-17(25-16)14-4-3-5-15(20)12-14/h3-7,9,11-12H,2,8,10,13H2,1H3,(H,22,24). The van der Waals surface area contributed by atoms with Crippen molar-refractivity contribution >= 4 is 17.5 Å². The molecule has 0 aliphatic carbocycles. The van der Waals surface area contributed by atoms with E-state index < -0.39 is 0 Å². The lowest BCUT2D eigenvalue weighted by Gasteiger charge is -2.07. The molecule has 1 amide bonds. The highest BCUT2D eigenvalue weighted by molar-refractivity contribution is 6.30. The topological polar surface area (TPSA) is 60.1 Å². The summed E-state index contributed by atoms with van der Waals surface area (Å²) in [6.45, 7) is 3.04. The Hall–Kier alpha value is -2.53. The highest BCUT2D eigenvalue weighted by atomic mass is 35.5. The number of carbonyl (C=O) groups excluding carboxylic acids is 1. The van der Waals surface area contributed by atoms with Crippen molar-refractivity contribution in [3.05, 3.63) is 65.4 Å². The molecule has 0 bridgehead atoms. The smallest absolute Gasteiger partial charge is 0.222 e. The zero-order chi connectivity index (χ0) is 17.6. The maximum atomic E-state index is 12.0. The van der Waals surface area contributed by atoms with Gasteiger partial charge in [0.2, 0.25) is 5.91 Å². The fourth-order valence-electron chi connectivity index (χ4n) is 2.62. The predicted octanol–water partition coefficient (Wildman–Crippen LogP) is 4.07. The number of carbonyl (C=O) groups is 1. The van der Waals surface area contributed by atoms with Crippen LogP contribution < -0.4 is 5.32 Å². The van der Waals surface area contributed by atoms with Crippen molar-refractivity contribution in [1.29, 1.82) is 0 Å². The lowest BCUT2D eigenvalue weighted by molar-refractivity contribution is -0.121. The zero-order valence-corrected chi connectivity index (χ0v) is 14.8. The van der Waals surface area contributed by atoms with Gasteiger partial charge in [0.05, 0.1) is 6.54 Å². The number of amides is 1. The van der Waals surface area contributed by atoms with Crippen molar-refractivity contribution in [3.8, 4) is 11.3 Å². The first-order chi connectivity index (χ1) is 12.2. The van der Waals surface area contributed by atoms with Gasteiger partial charge in [-0.15, -0.1) is 0 Å². The number of furan rings is 1. The van der Waals surface area contributed by atoms with E-state index in [9.17, 15) is 4.79 Å². The Labute approximate surface area is 151 Å². The number of halogens is 1. The molecule has 6 heteroatoms. The van der Waals surface area contributed by atoms with Crippen molar-refractivity contribution in [3.63, 3.8) is 0 Å². The normalized spacial score (nSPS) is 10.8. The Morgan fingerprint density at radius 2 is 2.20 bits per heavy atom. The van der Waals surface area contributed by atoms with Gasteiger partial charge in [-0.3, -0.25) is 4.79 Å². The van der Waals surface area contributed by atoms with Gasteiger partial charge in [-0.25, -0.2) is 4.98 Å². The van der Waals surface area contributed by atoms with E-state index in [1.165, 1.54) is 0 Å². The van der Waals surface area contributed by atoms with Crippen molar-refractivity contribution in [2.24, 2.45) is 0 Å². The first-order valence-corrected chi connectivity index (χ1v) is 8.65. The van der Waals surface area contributed by atoms with Crippen molar-refractivity contribution in [2.75, 3.05) is 0 Å². The molecule has 0 atom stereocenters. The van der Waals surface area contributed by atoms with Crippen LogP contribution in [0.4, 0.5) is 0 Å². The van der Waals surface area contributed by atoms with Gasteiger partial charge in [0.1, 0.15) is 17.3 Å². The molecule has 2 heterocycles. The Balaban J connectivity index is 1.51. The molecular formula is C19H20ClN3O2. The van der Waals surface area contributed by atoms with E-state index >= 15 is 0 Å². The van der Waals surface area contributed by atoms with E-state index in [2.05, 4.69) is 10.3 Å². The van der Waals surface area contributed by atoms with E-state index in [1.54, 1.807) is 6.20 Å². The minimum Gasteiger partial charge on any atom is -0.459 e. The monoisotopic (exact) mass is 357 g/mol. The third-order valence-corrected chi connectivity index (χ3v) is 4.16.